The van der Waals surface area contributed by atoms with Gasteiger partial charge in [0.2, 0.25) is 11.9 Å². The van der Waals surface area contributed by atoms with Gasteiger partial charge in [0.1, 0.15) is 5.82 Å². The Bertz CT molecular complexity index is 1370. The van der Waals surface area contributed by atoms with Crippen molar-refractivity contribution in [3.8, 4) is 11.8 Å². The number of fused-ring (bicyclic) bond motifs is 1. The molecule has 1 aliphatic heterocycles. The van der Waals surface area contributed by atoms with Crippen LogP contribution in [0.2, 0.25) is 5.02 Å². The van der Waals surface area contributed by atoms with Crippen LogP contribution in [0.5, 0.6) is 0 Å². The average Bonchev–Trinajstić information content (AvgIpc) is 2.85. The Morgan fingerprint density at radius 3 is 2.67 bits per heavy atom. The van der Waals surface area contributed by atoms with E-state index in [0.717, 1.165) is 31.6 Å². The maximum Gasteiger partial charge on any atom is 0.247 e. The Morgan fingerprint density at radius 2 is 1.97 bits per heavy atom. The van der Waals surface area contributed by atoms with Crippen molar-refractivity contribution in [3.05, 3.63) is 65.6 Å². The van der Waals surface area contributed by atoms with Crippen molar-refractivity contribution in [1.82, 2.24) is 19.8 Å². The van der Waals surface area contributed by atoms with Crippen LogP contribution >= 0.6 is 11.6 Å². The summed E-state index contributed by atoms with van der Waals surface area (Å²) >= 11 is 5.88. The third kappa shape index (κ3) is 6.00. The van der Waals surface area contributed by atoms with Crippen LogP contribution in [0.3, 0.4) is 0 Å². The molecule has 4 rings (SSSR count). The first-order valence-electron chi connectivity index (χ1n) is 11.6. The lowest BCUT2D eigenvalue weighted by atomic mass is 10.0. The van der Waals surface area contributed by atoms with Gasteiger partial charge >= 0.3 is 0 Å². The van der Waals surface area contributed by atoms with Crippen LogP contribution in [0.15, 0.2) is 49.2 Å². The molecular weight excluding hydrogens is 479 g/mol. The number of hydrogen-bond donors (Lipinski definition) is 2. The first-order chi connectivity index (χ1) is 17.1. The molecule has 1 amide bonds. The predicted molar refractivity (Wildman–Crippen MR) is 143 cm³/mol. The van der Waals surface area contributed by atoms with Crippen LogP contribution in [0.25, 0.3) is 10.9 Å². The number of hydrogen-bond acceptors (Lipinski definition) is 6. The van der Waals surface area contributed by atoms with E-state index in [1.165, 1.54) is 18.2 Å². The number of anilines is 3. The third-order valence-electron chi connectivity index (χ3n) is 6.14. The molecular formula is C27H28ClFN6O. The molecule has 2 heterocycles. The number of rotatable bonds is 5. The summed E-state index contributed by atoms with van der Waals surface area (Å²) < 4.78 is 13.5. The van der Waals surface area contributed by atoms with Gasteiger partial charge in [-0.2, -0.15) is 0 Å². The standard InChI is InChI=1S/C27H28ClFN6O/c1-5-25(36)32-23-15-19-17-30-26(31-20-6-7-22(29)21(28)16-20)33-24(19)14-18(23)8-9-27(2,3)35-12-10-34(4)11-13-35/h5-7,14-17H,1,10-13H2,2-4H3,(H,32,36)(H,30,31,33). The van der Waals surface area contributed by atoms with Crippen molar-refractivity contribution in [1.29, 1.82) is 0 Å². The fraction of sp³-hybridized carbons (Fsp3) is 0.296. The predicted octanol–water partition coefficient (Wildman–Crippen LogP) is 4.67. The highest BCUT2D eigenvalue weighted by Crippen LogP contribution is 2.26. The van der Waals surface area contributed by atoms with E-state index in [4.69, 9.17) is 11.6 Å². The van der Waals surface area contributed by atoms with Crippen LogP contribution < -0.4 is 10.6 Å². The van der Waals surface area contributed by atoms with E-state index in [9.17, 15) is 9.18 Å². The quantitative estimate of drug-likeness (QED) is 0.387. The fourth-order valence-electron chi connectivity index (χ4n) is 3.90. The van der Waals surface area contributed by atoms with E-state index in [0.29, 0.717) is 28.4 Å². The lowest BCUT2D eigenvalue weighted by Crippen LogP contribution is -2.53. The molecule has 1 saturated heterocycles. The molecule has 2 N–H and O–H groups in total. The number of likely N-dealkylation sites (N-methyl/N-ethyl adjacent to an activating group) is 1. The van der Waals surface area contributed by atoms with E-state index in [1.54, 1.807) is 18.3 Å². The van der Waals surface area contributed by atoms with Crippen LogP contribution in [0.1, 0.15) is 19.4 Å². The second kappa shape index (κ2) is 10.6. The third-order valence-corrected chi connectivity index (χ3v) is 6.42. The highest BCUT2D eigenvalue weighted by Gasteiger charge is 2.27. The summed E-state index contributed by atoms with van der Waals surface area (Å²) in [5, 5.41) is 6.60. The monoisotopic (exact) mass is 506 g/mol. The summed E-state index contributed by atoms with van der Waals surface area (Å²) in [7, 11) is 2.12. The summed E-state index contributed by atoms with van der Waals surface area (Å²) in [6.45, 7) is 11.6. The Labute approximate surface area is 215 Å². The Hall–Kier alpha value is -3.51. The minimum atomic E-state index is -0.501. The van der Waals surface area contributed by atoms with Crippen molar-refractivity contribution in [2.45, 2.75) is 19.4 Å². The summed E-state index contributed by atoms with van der Waals surface area (Å²) in [5.74, 6) is 6.16. The zero-order valence-electron chi connectivity index (χ0n) is 20.5. The van der Waals surface area contributed by atoms with Crippen LogP contribution in [-0.4, -0.2) is 64.4 Å². The van der Waals surface area contributed by atoms with E-state index >= 15 is 0 Å². The number of amides is 1. The molecule has 0 spiro atoms. The Morgan fingerprint density at radius 1 is 1.22 bits per heavy atom. The number of aromatic nitrogens is 2. The largest absolute Gasteiger partial charge is 0.324 e. The van der Waals surface area contributed by atoms with Crippen molar-refractivity contribution < 1.29 is 9.18 Å². The lowest BCUT2D eigenvalue weighted by Gasteiger charge is -2.40. The maximum absolute atomic E-state index is 13.5. The molecule has 7 nitrogen and oxygen atoms in total. The minimum Gasteiger partial charge on any atom is -0.324 e. The summed E-state index contributed by atoms with van der Waals surface area (Å²) in [4.78, 5) is 25.7. The van der Waals surface area contributed by atoms with Gasteiger partial charge < -0.3 is 15.5 Å². The van der Waals surface area contributed by atoms with Gasteiger partial charge in [-0.25, -0.2) is 14.4 Å². The Balaban J connectivity index is 1.69. The molecule has 2 aromatic carbocycles. The van der Waals surface area contributed by atoms with E-state index in [2.05, 4.69) is 69.7 Å². The molecule has 1 fully saturated rings. The SMILES string of the molecule is C=CC(=O)Nc1cc2cnc(Nc3ccc(F)c(Cl)c3)nc2cc1C#CC(C)(C)N1CCN(C)CC1. The zero-order valence-corrected chi connectivity index (χ0v) is 21.3. The van der Waals surface area contributed by atoms with Crippen molar-refractivity contribution >= 4 is 45.7 Å². The summed E-state index contributed by atoms with van der Waals surface area (Å²) in [6, 6.07) is 7.92. The van der Waals surface area contributed by atoms with Gasteiger partial charge in [0.05, 0.1) is 27.3 Å². The second-order valence-corrected chi connectivity index (χ2v) is 9.60. The molecule has 0 radical (unpaired) electrons. The van der Waals surface area contributed by atoms with Gasteiger partial charge in [0.25, 0.3) is 0 Å². The minimum absolute atomic E-state index is 0.00363. The topological polar surface area (TPSA) is 73.4 Å². The molecule has 1 aromatic heterocycles. The van der Waals surface area contributed by atoms with Gasteiger partial charge in [-0.1, -0.05) is 30.0 Å². The number of nitrogens with zero attached hydrogens (tertiary/aromatic N) is 4. The smallest absolute Gasteiger partial charge is 0.247 e. The molecule has 0 unspecified atom stereocenters. The second-order valence-electron chi connectivity index (χ2n) is 9.20. The van der Waals surface area contributed by atoms with Gasteiger partial charge in [0, 0.05) is 43.4 Å². The number of halogens is 2. The molecule has 9 heteroatoms. The van der Waals surface area contributed by atoms with Crippen LogP contribution in [0.4, 0.5) is 21.7 Å². The highest BCUT2D eigenvalue weighted by molar-refractivity contribution is 6.31. The van der Waals surface area contributed by atoms with Gasteiger partial charge in [-0.3, -0.25) is 9.69 Å². The van der Waals surface area contributed by atoms with E-state index in [1.807, 2.05) is 6.07 Å². The molecule has 1 aliphatic rings. The maximum atomic E-state index is 13.5. The molecule has 0 aliphatic carbocycles. The van der Waals surface area contributed by atoms with Crippen LogP contribution in [0, 0.1) is 17.7 Å². The Kier molecular flexibility index (Phi) is 7.55. The van der Waals surface area contributed by atoms with E-state index in [-0.39, 0.29) is 16.5 Å². The van der Waals surface area contributed by atoms with Crippen molar-refractivity contribution in [3.63, 3.8) is 0 Å². The number of benzene rings is 2. The van der Waals surface area contributed by atoms with Gasteiger partial charge in [-0.05, 0) is 57.3 Å². The molecule has 36 heavy (non-hydrogen) atoms. The fourth-order valence-corrected chi connectivity index (χ4v) is 4.08. The van der Waals surface area contributed by atoms with Gasteiger partial charge in [0.15, 0.2) is 0 Å². The summed E-state index contributed by atoms with van der Waals surface area (Å²) in [6.07, 6.45) is 2.86. The lowest BCUT2D eigenvalue weighted by molar-refractivity contribution is -0.111. The van der Waals surface area contributed by atoms with Crippen LogP contribution in [-0.2, 0) is 4.79 Å². The highest BCUT2D eigenvalue weighted by atomic mass is 35.5. The molecule has 0 atom stereocenters. The number of carbonyl (C=O) groups excluding carboxylic acids is 1. The van der Waals surface area contributed by atoms with Crippen molar-refractivity contribution in [2.75, 3.05) is 43.9 Å². The molecule has 0 saturated carbocycles. The van der Waals surface area contributed by atoms with Crippen molar-refractivity contribution in [2.24, 2.45) is 0 Å². The molecule has 186 valence electrons. The zero-order chi connectivity index (χ0) is 25.9. The normalized spacial score (nSPS) is 14.7. The van der Waals surface area contributed by atoms with E-state index < -0.39 is 5.82 Å². The average molecular weight is 507 g/mol. The number of nitrogens with one attached hydrogen (secondary N) is 2. The number of piperazine rings is 1. The first kappa shape index (κ1) is 25.6. The molecule has 0 bridgehead atoms. The summed E-state index contributed by atoms with van der Waals surface area (Å²) in [5.41, 5.74) is 2.04. The number of carbonyl (C=O) groups is 1. The molecule has 3 aromatic rings. The first-order valence-corrected chi connectivity index (χ1v) is 12.0. The van der Waals surface area contributed by atoms with Gasteiger partial charge in [-0.15, -0.1) is 0 Å².